The Hall–Kier alpha value is -2.95. The van der Waals surface area contributed by atoms with E-state index < -0.39 is 4.92 Å². The first kappa shape index (κ1) is 16.9. The second-order valence-corrected chi connectivity index (χ2v) is 6.41. The first-order chi connectivity index (χ1) is 12.0. The number of nitro groups is 1. The summed E-state index contributed by atoms with van der Waals surface area (Å²) in [6.45, 7) is 4.78. The quantitative estimate of drug-likeness (QED) is 0.359. The molecular weight excluding hydrogens is 316 g/mol. The molecule has 2 aromatic carbocycles. The smallest absolute Gasteiger partial charge is 0.269 e. The lowest BCUT2D eigenvalue weighted by Gasteiger charge is -2.37. The zero-order chi connectivity index (χ0) is 18.0. The highest BCUT2D eigenvalue weighted by Crippen LogP contribution is 2.31. The molecule has 0 aromatic heterocycles. The van der Waals surface area contributed by atoms with Crippen molar-refractivity contribution >= 4 is 17.2 Å². The minimum absolute atomic E-state index is 0.0511. The Kier molecular flexibility index (Phi) is 4.65. The van der Waals surface area contributed by atoms with Gasteiger partial charge in [-0.25, -0.2) is 0 Å². The lowest BCUT2D eigenvalue weighted by molar-refractivity contribution is -0.384. The molecule has 0 spiro atoms. The molecule has 0 fully saturated rings. The van der Waals surface area contributed by atoms with Crippen molar-refractivity contribution in [3.63, 3.8) is 0 Å². The van der Waals surface area contributed by atoms with Gasteiger partial charge in [0.2, 0.25) is 0 Å². The molecule has 0 radical (unpaired) electrons. The van der Waals surface area contributed by atoms with Crippen molar-refractivity contribution in [3.05, 3.63) is 81.4 Å². The van der Waals surface area contributed by atoms with Crippen LogP contribution in [-0.2, 0) is 0 Å². The van der Waals surface area contributed by atoms with E-state index in [1.165, 1.54) is 23.3 Å². The predicted molar refractivity (Wildman–Crippen MR) is 98.0 cm³/mol. The summed E-state index contributed by atoms with van der Waals surface area (Å²) in [5.41, 5.74) is 4.02. The monoisotopic (exact) mass is 336 g/mol. The molecule has 0 aliphatic carbocycles. The second-order valence-electron chi connectivity index (χ2n) is 6.41. The van der Waals surface area contributed by atoms with Gasteiger partial charge in [-0.1, -0.05) is 41.5 Å². The Morgan fingerprint density at radius 3 is 2.28 bits per heavy atom. The largest absolute Gasteiger partial charge is 0.357 e. The first-order valence-electron chi connectivity index (χ1n) is 8.23. The van der Waals surface area contributed by atoms with Crippen LogP contribution in [0.1, 0.15) is 30.6 Å². The molecular formula is C20H20N2O3. The standard InChI is InChI=1S/C20H20N2O3/c1-14-12-19(20(23)16-6-4-3-5-7-16)21(13-15(14)2)17-8-10-18(11-9-17)22(24)25/h3-11,19H,12-13H2,1-2H3/t19-/m0/s1. The molecule has 0 saturated carbocycles. The Bertz CT molecular complexity index is 826. The molecule has 1 aliphatic heterocycles. The summed E-state index contributed by atoms with van der Waals surface area (Å²) >= 11 is 0. The van der Waals surface area contributed by atoms with Crippen molar-refractivity contribution in [2.24, 2.45) is 0 Å². The van der Waals surface area contributed by atoms with E-state index in [1.54, 1.807) is 12.1 Å². The number of Topliss-reactive ketones (excluding diaryl/α,β-unsaturated/α-hetero) is 1. The number of carbonyl (C=O) groups is 1. The van der Waals surface area contributed by atoms with Crippen LogP contribution in [0, 0.1) is 10.1 Å². The van der Waals surface area contributed by atoms with E-state index in [9.17, 15) is 14.9 Å². The molecule has 0 bridgehead atoms. The molecule has 5 nitrogen and oxygen atoms in total. The minimum atomic E-state index is -0.415. The summed E-state index contributed by atoms with van der Waals surface area (Å²) in [6.07, 6.45) is 0.663. The number of rotatable bonds is 4. The van der Waals surface area contributed by atoms with Gasteiger partial charge < -0.3 is 4.90 Å². The highest BCUT2D eigenvalue weighted by atomic mass is 16.6. The number of hydrogen-bond donors (Lipinski definition) is 0. The summed E-state index contributed by atoms with van der Waals surface area (Å²) < 4.78 is 0. The van der Waals surface area contributed by atoms with Crippen molar-refractivity contribution in [1.82, 2.24) is 0 Å². The van der Waals surface area contributed by atoms with Crippen molar-refractivity contribution in [1.29, 1.82) is 0 Å². The molecule has 1 heterocycles. The molecule has 1 atom stereocenters. The van der Waals surface area contributed by atoms with Crippen LogP contribution < -0.4 is 4.90 Å². The van der Waals surface area contributed by atoms with Crippen LogP contribution >= 0.6 is 0 Å². The fourth-order valence-corrected chi connectivity index (χ4v) is 3.14. The fraction of sp³-hybridized carbons (Fsp3) is 0.250. The van der Waals surface area contributed by atoms with E-state index in [2.05, 4.69) is 13.8 Å². The number of hydrogen-bond acceptors (Lipinski definition) is 4. The number of benzene rings is 2. The summed E-state index contributed by atoms with van der Waals surface area (Å²) in [4.78, 5) is 25.5. The summed E-state index contributed by atoms with van der Waals surface area (Å²) in [7, 11) is 0. The highest BCUT2D eigenvalue weighted by Gasteiger charge is 2.31. The number of nitrogens with zero attached hydrogens (tertiary/aromatic N) is 2. The molecule has 128 valence electrons. The van der Waals surface area contributed by atoms with Crippen molar-refractivity contribution < 1.29 is 9.72 Å². The molecule has 1 aliphatic rings. The lowest BCUT2D eigenvalue weighted by Crippen LogP contribution is -2.45. The van der Waals surface area contributed by atoms with Crippen LogP contribution in [0.2, 0.25) is 0 Å². The van der Waals surface area contributed by atoms with Gasteiger partial charge in [0.15, 0.2) is 5.78 Å². The van der Waals surface area contributed by atoms with Gasteiger partial charge in [-0.2, -0.15) is 0 Å². The van der Waals surface area contributed by atoms with Crippen molar-refractivity contribution in [2.75, 3.05) is 11.4 Å². The van der Waals surface area contributed by atoms with Gasteiger partial charge in [-0.15, -0.1) is 0 Å². The lowest BCUT2D eigenvalue weighted by atomic mass is 9.90. The zero-order valence-electron chi connectivity index (χ0n) is 14.3. The third-order valence-electron chi connectivity index (χ3n) is 4.76. The third kappa shape index (κ3) is 3.45. The first-order valence-corrected chi connectivity index (χ1v) is 8.23. The number of ketones is 1. The molecule has 0 saturated heterocycles. The van der Waals surface area contributed by atoms with Gasteiger partial charge in [-0.05, 0) is 32.4 Å². The van der Waals surface area contributed by atoms with Gasteiger partial charge in [0.25, 0.3) is 5.69 Å². The molecule has 2 aromatic rings. The van der Waals surface area contributed by atoms with Gasteiger partial charge in [0.1, 0.15) is 0 Å². The number of carbonyl (C=O) groups excluding carboxylic acids is 1. The third-order valence-corrected chi connectivity index (χ3v) is 4.76. The van der Waals surface area contributed by atoms with Crippen LogP contribution in [0.25, 0.3) is 0 Å². The predicted octanol–water partition coefficient (Wildman–Crippen LogP) is 4.39. The second kappa shape index (κ2) is 6.89. The maximum Gasteiger partial charge on any atom is 0.269 e. The van der Waals surface area contributed by atoms with Crippen LogP contribution in [0.15, 0.2) is 65.7 Å². The zero-order valence-corrected chi connectivity index (χ0v) is 14.3. The minimum Gasteiger partial charge on any atom is -0.357 e. The molecule has 25 heavy (non-hydrogen) atoms. The number of nitro benzene ring substituents is 1. The Morgan fingerprint density at radius 2 is 1.68 bits per heavy atom. The topological polar surface area (TPSA) is 63.4 Å². The molecule has 0 unspecified atom stereocenters. The van der Waals surface area contributed by atoms with Gasteiger partial charge in [0, 0.05) is 29.9 Å². The maximum atomic E-state index is 13.0. The van der Waals surface area contributed by atoms with Crippen LogP contribution in [-0.4, -0.2) is 23.3 Å². The Balaban J connectivity index is 1.96. The normalized spacial score (nSPS) is 17.5. The van der Waals surface area contributed by atoms with E-state index in [1.807, 2.05) is 35.2 Å². The van der Waals surface area contributed by atoms with Crippen LogP contribution in [0.4, 0.5) is 11.4 Å². The molecule has 0 amide bonds. The SMILES string of the molecule is CC1=C(C)CN(c2ccc([N+](=O)[O-])cc2)[C@H](C(=O)c2ccccc2)C1. The Labute approximate surface area is 146 Å². The van der Waals surface area contributed by atoms with Gasteiger partial charge in [-0.3, -0.25) is 14.9 Å². The maximum absolute atomic E-state index is 13.0. The highest BCUT2D eigenvalue weighted by molar-refractivity contribution is 6.02. The van der Waals surface area contributed by atoms with Crippen molar-refractivity contribution in [3.8, 4) is 0 Å². The molecule has 5 heteroatoms. The van der Waals surface area contributed by atoms with E-state index in [0.29, 0.717) is 18.5 Å². The average Bonchev–Trinajstić information content (AvgIpc) is 2.64. The van der Waals surface area contributed by atoms with Crippen molar-refractivity contribution in [2.45, 2.75) is 26.3 Å². The van der Waals surface area contributed by atoms with E-state index in [-0.39, 0.29) is 17.5 Å². The summed E-state index contributed by atoms with van der Waals surface area (Å²) in [5, 5.41) is 10.9. The van der Waals surface area contributed by atoms with E-state index in [4.69, 9.17) is 0 Å². The van der Waals surface area contributed by atoms with E-state index in [0.717, 1.165) is 5.69 Å². The molecule has 3 rings (SSSR count). The van der Waals surface area contributed by atoms with E-state index >= 15 is 0 Å². The Morgan fingerprint density at radius 1 is 1.04 bits per heavy atom. The van der Waals surface area contributed by atoms with Gasteiger partial charge in [0.05, 0.1) is 11.0 Å². The summed E-state index contributed by atoms with van der Waals surface area (Å²) in [6, 6.07) is 15.4. The molecule has 0 N–H and O–H groups in total. The summed E-state index contributed by atoms with van der Waals surface area (Å²) in [5.74, 6) is 0.0748. The van der Waals surface area contributed by atoms with Crippen LogP contribution in [0.5, 0.6) is 0 Å². The van der Waals surface area contributed by atoms with Crippen LogP contribution in [0.3, 0.4) is 0 Å². The number of non-ortho nitro benzene ring substituents is 1. The fourth-order valence-electron chi connectivity index (χ4n) is 3.14. The van der Waals surface area contributed by atoms with Gasteiger partial charge >= 0.3 is 0 Å². The average molecular weight is 336 g/mol. The number of anilines is 1.